The molecule has 0 spiro atoms. The van der Waals surface area contributed by atoms with Crippen molar-refractivity contribution in [3.63, 3.8) is 0 Å². The Morgan fingerprint density at radius 2 is 2.10 bits per heavy atom. The lowest BCUT2D eigenvalue weighted by atomic mass is 10.1. The average molecular weight is 456 g/mol. The highest BCUT2D eigenvalue weighted by Gasteiger charge is 2.11. The van der Waals surface area contributed by atoms with Crippen molar-refractivity contribution in [2.45, 2.75) is 6.42 Å². The molecular weight excluding hydrogens is 445 g/mol. The summed E-state index contributed by atoms with van der Waals surface area (Å²) < 4.78 is 7.53. The minimum Gasteiger partial charge on any atom is -0.464 e. The molecule has 2 aromatic carbocycles. The standard InChI is InChI=1S/C16H11BrINO2/c17-11-4-5-15-14(7-11)10(9-21-15)6-16(20)19-13-3-1-2-12(18)8-13/h1-5,7-9H,6H2,(H,19,20). The summed E-state index contributed by atoms with van der Waals surface area (Å²) in [6.07, 6.45) is 1.93. The van der Waals surface area contributed by atoms with E-state index in [1.165, 1.54) is 0 Å². The number of fused-ring (bicyclic) bond motifs is 1. The Morgan fingerprint density at radius 3 is 2.90 bits per heavy atom. The van der Waals surface area contributed by atoms with Crippen molar-refractivity contribution in [3.05, 3.63) is 62.3 Å². The monoisotopic (exact) mass is 455 g/mol. The van der Waals surface area contributed by atoms with Gasteiger partial charge < -0.3 is 9.73 Å². The lowest BCUT2D eigenvalue weighted by Crippen LogP contribution is -2.14. The normalized spacial score (nSPS) is 10.8. The number of hydrogen-bond donors (Lipinski definition) is 1. The third-order valence-corrected chi connectivity index (χ3v) is 4.24. The first-order valence-electron chi connectivity index (χ1n) is 6.33. The van der Waals surface area contributed by atoms with Gasteiger partial charge in [-0.3, -0.25) is 4.79 Å². The molecule has 0 fully saturated rings. The van der Waals surface area contributed by atoms with Gasteiger partial charge in [0.2, 0.25) is 5.91 Å². The maximum atomic E-state index is 12.2. The van der Waals surface area contributed by atoms with E-state index in [4.69, 9.17) is 4.42 Å². The molecule has 1 N–H and O–H groups in total. The maximum Gasteiger partial charge on any atom is 0.228 e. The third kappa shape index (κ3) is 3.47. The first-order valence-corrected chi connectivity index (χ1v) is 8.20. The molecule has 106 valence electrons. The maximum absolute atomic E-state index is 12.2. The van der Waals surface area contributed by atoms with Crippen LogP contribution in [0.15, 0.2) is 57.6 Å². The van der Waals surface area contributed by atoms with Gasteiger partial charge in [-0.05, 0) is 59.0 Å². The predicted octanol–water partition coefficient (Wildman–Crippen LogP) is 4.98. The molecule has 0 saturated carbocycles. The zero-order valence-electron chi connectivity index (χ0n) is 10.9. The average Bonchev–Trinajstić information content (AvgIpc) is 2.81. The second-order valence-corrected chi connectivity index (χ2v) is 6.80. The molecule has 0 atom stereocenters. The van der Waals surface area contributed by atoms with Gasteiger partial charge in [-0.1, -0.05) is 22.0 Å². The van der Waals surface area contributed by atoms with Gasteiger partial charge >= 0.3 is 0 Å². The number of nitrogens with one attached hydrogen (secondary N) is 1. The van der Waals surface area contributed by atoms with E-state index in [0.717, 1.165) is 30.3 Å². The first kappa shape index (κ1) is 14.6. The first-order chi connectivity index (χ1) is 10.1. The van der Waals surface area contributed by atoms with Crippen LogP contribution in [-0.2, 0) is 11.2 Å². The van der Waals surface area contributed by atoms with Gasteiger partial charge in [0.1, 0.15) is 5.58 Å². The van der Waals surface area contributed by atoms with Gasteiger partial charge in [0.05, 0.1) is 12.7 Å². The van der Waals surface area contributed by atoms with E-state index in [0.29, 0.717) is 0 Å². The topological polar surface area (TPSA) is 42.2 Å². The molecule has 5 heteroatoms. The summed E-state index contributed by atoms with van der Waals surface area (Å²) in [7, 11) is 0. The van der Waals surface area contributed by atoms with Crippen molar-refractivity contribution in [2.75, 3.05) is 5.32 Å². The lowest BCUT2D eigenvalue weighted by molar-refractivity contribution is -0.115. The van der Waals surface area contributed by atoms with E-state index in [1.54, 1.807) is 6.26 Å². The van der Waals surface area contributed by atoms with Gasteiger partial charge in [-0.15, -0.1) is 0 Å². The number of rotatable bonds is 3. The van der Waals surface area contributed by atoms with Crippen LogP contribution in [0.25, 0.3) is 11.0 Å². The molecule has 0 aliphatic carbocycles. The van der Waals surface area contributed by atoms with Gasteiger partial charge in [0.15, 0.2) is 0 Å². The van der Waals surface area contributed by atoms with Crippen LogP contribution < -0.4 is 5.32 Å². The number of furan rings is 1. The van der Waals surface area contributed by atoms with Crippen LogP contribution in [0, 0.1) is 3.57 Å². The number of carbonyl (C=O) groups is 1. The summed E-state index contributed by atoms with van der Waals surface area (Å²) in [5.41, 5.74) is 2.48. The number of amides is 1. The predicted molar refractivity (Wildman–Crippen MR) is 95.4 cm³/mol. The van der Waals surface area contributed by atoms with Crippen molar-refractivity contribution in [3.8, 4) is 0 Å². The van der Waals surface area contributed by atoms with E-state index in [2.05, 4.69) is 43.8 Å². The fourth-order valence-electron chi connectivity index (χ4n) is 2.14. The van der Waals surface area contributed by atoms with E-state index < -0.39 is 0 Å². The van der Waals surface area contributed by atoms with Crippen molar-refractivity contribution >= 4 is 61.1 Å². The molecule has 3 rings (SSSR count). The van der Waals surface area contributed by atoms with Gasteiger partial charge in [-0.2, -0.15) is 0 Å². The van der Waals surface area contributed by atoms with E-state index in [9.17, 15) is 4.79 Å². The zero-order chi connectivity index (χ0) is 14.8. The Hall–Kier alpha value is -1.34. The second-order valence-electron chi connectivity index (χ2n) is 4.64. The molecule has 1 heterocycles. The lowest BCUT2D eigenvalue weighted by Gasteiger charge is -2.05. The van der Waals surface area contributed by atoms with Crippen molar-refractivity contribution in [1.29, 1.82) is 0 Å². The smallest absolute Gasteiger partial charge is 0.228 e. The summed E-state index contributed by atoms with van der Waals surface area (Å²) in [5, 5.41) is 3.86. The van der Waals surface area contributed by atoms with E-state index in [-0.39, 0.29) is 12.3 Å². The van der Waals surface area contributed by atoms with Crippen molar-refractivity contribution in [2.24, 2.45) is 0 Å². The second kappa shape index (κ2) is 6.19. The molecule has 0 unspecified atom stereocenters. The highest BCUT2D eigenvalue weighted by atomic mass is 127. The zero-order valence-corrected chi connectivity index (χ0v) is 14.6. The third-order valence-electron chi connectivity index (χ3n) is 3.08. The van der Waals surface area contributed by atoms with Gasteiger partial charge in [0, 0.05) is 24.7 Å². The summed E-state index contributed by atoms with van der Waals surface area (Å²) in [4.78, 5) is 12.2. The Kier molecular flexibility index (Phi) is 4.30. The summed E-state index contributed by atoms with van der Waals surface area (Å²) in [5.74, 6) is -0.0559. The highest BCUT2D eigenvalue weighted by molar-refractivity contribution is 14.1. The Bertz CT molecular complexity index is 813. The molecular formula is C16H11BrINO2. The van der Waals surface area contributed by atoms with Gasteiger partial charge in [-0.25, -0.2) is 0 Å². The van der Waals surface area contributed by atoms with Crippen LogP contribution in [0.5, 0.6) is 0 Å². The number of carbonyl (C=O) groups excluding carboxylic acids is 1. The Balaban J connectivity index is 1.79. The fraction of sp³-hybridized carbons (Fsp3) is 0.0625. The quantitative estimate of drug-likeness (QED) is 0.566. The number of halogens is 2. The molecule has 0 radical (unpaired) electrons. The molecule has 0 aliphatic heterocycles. The Labute approximate surface area is 144 Å². The van der Waals surface area contributed by atoms with Crippen LogP contribution in [-0.4, -0.2) is 5.91 Å². The molecule has 3 nitrogen and oxygen atoms in total. The number of anilines is 1. The molecule has 21 heavy (non-hydrogen) atoms. The van der Waals surface area contributed by atoms with Crippen LogP contribution in [0.4, 0.5) is 5.69 Å². The van der Waals surface area contributed by atoms with Crippen LogP contribution in [0.2, 0.25) is 0 Å². The van der Waals surface area contributed by atoms with Crippen molar-refractivity contribution < 1.29 is 9.21 Å². The highest BCUT2D eigenvalue weighted by Crippen LogP contribution is 2.25. The molecule has 0 aliphatic rings. The molecule has 1 amide bonds. The van der Waals surface area contributed by atoms with E-state index >= 15 is 0 Å². The number of hydrogen-bond acceptors (Lipinski definition) is 2. The number of benzene rings is 2. The molecule has 0 saturated heterocycles. The molecule has 3 aromatic rings. The minimum absolute atomic E-state index is 0.0559. The summed E-state index contributed by atoms with van der Waals surface area (Å²) in [6, 6.07) is 13.5. The Morgan fingerprint density at radius 1 is 1.24 bits per heavy atom. The summed E-state index contributed by atoms with van der Waals surface area (Å²) in [6.45, 7) is 0. The van der Waals surface area contributed by atoms with Crippen molar-refractivity contribution in [1.82, 2.24) is 0 Å². The molecule has 1 aromatic heterocycles. The van der Waals surface area contributed by atoms with E-state index in [1.807, 2.05) is 42.5 Å². The van der Waals surface area contributed by atoms with Gasteiger partial charge in [0.25, 0.3) is 0 Å². The van der Waals surface area contributed by atoms with Crippen LogP contribution >= 0.6 is 38.5 Å². The van der Waals surface area contributed by atoms with Crippen LogP contribution in [0.3, 0.4) is 0 Å². The minimum atomic E-state index is -0.0559. The summed E-state index contributed by atoms with van der Waals surface area (Å²) >= 11 is 5.65. The van der Waals surface area contributed by atoms with Crippen LogP contribution in [0.1, 0.15) is 5.56 Å². The SMILES string of the molecule is O=C(Cc1coc2ccc(Br)cc12)Nc1cccc(I)c1. The largest absolute Gasteiger partial charge is 0.464 e. The fourth-order valence-corrected chi connectivity index (χ4v) is 3.04. The molecule has 0 bridgehead atoms.